The number of H-pyrrole nitrogens is 1. The highest BCUT2D eigenvalue weighted by atomic mass is 19.1. The van der Waals surface area contributed by atoms with E-state index in [-0.39, 0.29) is 5.91 Å². The number of aromatic nitrogens is 1. The van der Waals surface area contributed by atoms with E-state index in [0.29, 0.717) is 23.7 Å². The predicted octanol–water partition coefficient (Wildman–Crippen LogP) is 3.69. The summed E-state index contributed by atoms with van der Waals surface area (Å²) in [4.78, 5) is 18.3. The fourth-order valence-corrected chi connectivity index (χ4v) is 6.13. The second-order valence-corrected chi connectivity index (χ2v) is 9.78. The lowest BCUT2D eigenvalue weighted by molar-refractivity contribution is 0.0957. The van der Waals surface area contributed by atoms with Crippen molar-refractivity contribution in [2.45, 2.75) is 31.8 Å². The smallest absolute Gasteiger partial charge is 0.252 e. The van der Waals surface area contributed by atoms with Gasteiger partial charge in [-0.25, -0.2) is 4.39 Å². The minimum absolute atomic E-state index is 0.205. The molecule has 0 radical (unpaired) electrons. The van der Waals surface area contributed by atoms with Crippen molar-refractivity contribution in [3.05, 3.63) is 58.9 Å². The molecule has 1 saturated heterocycles. The molecule has 6 heteroatoms. The first-order valence-corrected chi connectivity index (χ1v) is 11.7. The summed E-state index contributed by atoms with van der Waals surface area (Å²) in [6, 6.07) is 12.2. The molecule has 1 unspecified atom stereocenters. The number of fused-ring (bicyclic) bond motifs is 1. The molecule has 0 spiro atoms. The number of halogens is 1. The summed E-state index contributed by atoms with van der Waals surface area (Å²) in [5, 5.41) is 7.26. The predicted molar refractivity (Wildman–Crippen MR) is 124 cm³/mol. The molecule has 0 bridgehead atoms. The normalized spacial score (nSPS) is 24.7. The molecule has 6 rings (SSSR count). The van der Waals surface area contributed by atoms with Crippen molar-refractivity contribution in [2.75, 3.05) is 26.7 Å². The average molecular weight is 433 g/mol. The van der Waals surface area contributed by atoms with E-state index in [1.54, 1.807) is 0 Å². The molecule has 166 valence electrons. The second kappa shape index (κ2) is 7.71. The van der Waals surface area contributed by atoms with Gasteiger partial charge in [0.2, 0.25) is 0 Å². The third-order valence-corrected chi connectivity index (χ3v) is 7.80. The molecule has 2 aromatic carbocycles. The number of amides is 1. The van der Waals surface area contributed by atoms with E-state index in [9.17, 15) is 9.18 Å². The topological polar surface area (TPSA) is 60.2 Å². The van der Waals surface area contributed by atoms with Crippen LogP contribution in [0.1, 0.15) is 34.3 Å². The van der Waals surface area contributed by atoms with Crippen molar-refractivity contribution in [3.8, 4) is 11.3 Å². The lowest BCUT2D eigenvalue weighted by Crippen LogP contribution is -2.30. The standard InChI is InChI=1S/C26H29FN4O/c1-31(20-8-17-12-28-13-18(17)9-20)14-15-2-4-16(5-3-15)25-21-6-7-29-26(32)22-10-19(27)11-23(30-25)24(21)22/h2-5,10-11,17-18,20,28,30H,6-9,12-14H2,1H3,(H,29,32)/t17-,18+,20?. The van der Waals surface area contributed by atoms with E-state index in [2.05, 4.69) is 51.8 Å². The van der Waals surface area contributed by atoms with Gasteiger partial charge < -0.3 is 15.6 Å². The highest BCUT2D eigenvalue weighted by Gasteiger charge is 2.38. The quantitative estimate of drug-likeness (QED) is 0.589. The molecule has 2 aliphatic heterocycles. The van der Waals surface area contributed by atoms with E-state index in [1.807, 2.05) is 0 Å². The molecular formula is C26H29FN4O. The number of carbonyl (C=O) groups excluding carboxylic acids is 1. The Morgan fingerprint density at radius 2 is 1.84 bits per heavy atom. The molecule has 3 N–H and O–H groups in total. The van der Waals surface area contributed by atoms with E-state index in [0.717, 1.165) is 47.0 Å². The van der Waals surface area contributed by atoms with Gasteiger partial charge >= 0.3 is 0 Å². The van der Waals surface area contributed by atoms with Gasteiger partial charge in [0.1, 0.15) is 5.82 Å². The Morgan fingerprint density at radius 1 is 1.09 bits per heavy atom. The highest BCUT2D eigenvalue weighted by Crippen LogP contribution is 2.38. The number of hydrogen-bond donors (Lipinski definition) is 3. The van der Waals surface area contributed by atoms with Crippen molar-refractivity contribution in [1.82, 2.24) is 20.5 Å². The van der Waals surface area contributed by atoms with Crippen molar-refractivity contribution >= 4 is 16.8 Å². The Kier molecular flexibility index (Phi) is 4.81. The molecule has 1 aliphatic carbocycles. The molecule has 3 heterocycles. The Hall–Kier alpha value is -2.70. The number of nitrogens with zero attached hydrogens (tertiary/aromatic N) is 1. The van der Waals surface area contributed by atoms with Crippen LogP contribution in [0.3, 0.4) is 0 Å². The first-order valence-electron chi connectivity index (χ1n) is 11.7. The van der Waals surface area contributed by atoms with Gasteiger partial charge in [-0.2, -0.15) is 0 Å². The summed E-state index contributed by atoms with van der Waals surface area (Å²) in [5.74, 6) is 1.10. The monoisotopic (exact) mass is 432 g/mol. The molecule has 1 saturated carbocycles. The van der Waals surface area contributed by atoms with E-state index in [1.165, 1.54) is 43.6 Å². The average Bonchev–Trinajstić information content (AvgIpc) is 3.44. The van der Waals surface area contributed by atoms with Gasteiger partial charge in [-0.3, -0.25) is 9.69 Å². The number of hydrogen-bond acceptors (Lipinski definition) is 3. The lowest BCUT2D eigenvalue weighted by Gasteiger charge is -2.25. The molecule has 5 nitrogen and oxygen atoms in total. The summed E-state index contributed by atoms with van der Waals surface area (Å²) in [6.07, 6.45) is 3.33. The molecule has 3 aliphatic rings. The Balaban J connectivity index is 1.26. The maximum absolute atomic E-state index is 14.1. The van der Waals surface area contributed by atoms with Crippen LogP contribution in [0.4, 0.5) is 4.39 Å². The zero-order chi connectivity index (χ0) is 21.8. The van der Waals surface area contributed by atoms with Crippen LogP contribution in [0.2, 0.25) is 0 Å². The van der Waals surface area contributed by atoms with Gasteiger partial charge in [0.05, 0.1) is 5.56 Å². The Bertz CT molecular complexity index is 1170. The summed E-state index contributed by atoms with van der Waals surface area (Å²) in [7, 11) is 2.25. The van der Waals surface area contributed by atoms with Crippen LogP contribution in [0, 0.1) is 17.7 Å². The maximum Gasteiger partial charge on any atom is 0.252 e. The fraction of sp³-hybridized carbons (Fsp3) is 0.423. The molecule has 1 amide bonds. The van der Waals surface area contributed by atoms with Gasteiger partial charge in [0.25, 0.3) is 5.91 Å². The number of benzene rings is 2. The molecule has 3 aromatic rings. The minimum Gasteiger partial charge on any atom is -0.354 e. The number of nitrogens with one attached hydrogen (secondary N) is 3. The van der Waals surface area contributed by atoms with Crippen molar-refractivity contribution in [3.63, 3.8) is 0 Å². The van der Waals surface area contributed by atoms with E-state index >= 15 is 0 Å². The second-order valence-electron chi connectivity index (χ2n) is 9.78. The number of aromatic amines is 1. The summed E-state index contributed by atoms with van der Waals surface area (Å²) >= 11 is 0. The minimum atomic E-state index is -0.394. The maximum atomic E-state index is 14.1. The fourth-order valence-electron chi connectivity index (χ4n) is 6.13. The lowest BCUT2D eigenvalue weighted by atomic mass is 9.99. The first-order chi connectivity index (χ1) is 15.6. The summed E-state index contributed by atoms with van der Waals surface area (Å²) in [5.41, 5.74) is 5.56. The van der Waals surface area contributed by atoms with Crippen LogP contribution in [0.15, 0.2) is 36.4 Å². The van der Waals surface area contributed by atoms with Gasteiger partial charge in [-0.15, -0.1) is 0 Å². The molecule has 3 atom stereocenters. The zero-order valence-corrected chi connectivity index (χ0v) is 18.4. The first kappa shape index (κ1) is 19.9. The third-order valence-electron chi connectivity index (χ3n) is 7.80. The van der Waals surface area contributed by atoms with Crippen molar-refractivity contribution in [2.24, 2.45) is 11.8 Å². The Morgan fingerprint density at radius 3 is 2.59 bits per heavy atom. The molecule has 1 aromatic heterocycles. The highest BCUT2D eigenvalue weighted by molar-refractivity contribution is 6.10. The molecular weight excluding hydrogens is 403 g/mol. The van der Waals surface area contributed by atoms with Crippen LogP contribution in [0.25, 0.3) is 22.2 Å². The van der Waals surface area contributed by atoms with Gasteiger partial charge in [-0.05, 0) is 80.1 Å². The number of rotatable bonds is 4. The largest absolute Gasteiger partial charge is 0.354 e. The summed E-state index contributed by atoms with van der Waals surface area (Å²) < 4.78 is 14.1. The van der Waals surface area contributed by atoms with Crippen LogP contribution < -0.4 is 10.6 Å². The zero-order valence-electron chi connectivity index (χ0n) is 18.4. The van der Waals surface area contributed by atoms with Crippen molar-refractivity contribution < 1.29 is 9.18 Å². The van der Waals surface area contributed by atoms with Gasteiger partial charge in [0, 0.05) is 35.7 Å². The van der Waals surface area contributed by atoms with Crippen LogP contribution >= 0.6 is 0 Å². The van der Waals surface area contributed by atoms with Crippen LogP contribution in [-0.4, -0.2) is 48.5 Å². The van der Waals surface area contributed by atoms with Crippen LogP contribution in [0.5, 0.6) is 0 Å². The van der Waals surface area contributed by atoms with Crippen molar-refractivity contribution in [1.29, 1.82) is 0 Å². The Labute approximate surface area is 187 Å². The number of carbonyl (C=O) groups is 1. The molecule has 2 fully saturated rings. The van der Waals surface area contributed by atoms with E-state index in [4.69, 9.17) is 0 Å². The summed E-state index contributed by atoms with van der Waals surface area (Å²) in [6.45, 7) is 3.87. The van der Waals surface area contributed by atoms with Gasteiger partial charge in [0.15, 0.2) is 0 Å². The SMILES string of the molecule is CN(Cc1ccc(-c2[nH]c3cc(F)cc4c3c2CCNC4=O)cc1)C1C[C@H]2CNC[C@H]2C1. The van der Waals surface area contributed by atoms with E-state index < -0.39 is 5.82 Å². The third kappa shape index (κ3) is 3.33. The van der Waals surface area contributed by atoms with Gasteiger partial charge in [-0.1, -0.05) is 24.3 Å². The van der Waals surface area contributed by atoms with Crippen LogP contribution in [-0.2, 0) is 13.0 Å². The molecule has 32 heavy (non-hydrogen) atoms.